The van der Waals surface area contributed by atoms with Gasteiger partial charge in [0.25, 0.3) is 5.91 Å². The molecule has 0 unspecified atom stereocenters. The summed E-state index contributed by atoms with van der Waals surface area (Å²) in [7, 11) is 4.10. The van der Waals surface area contributed by atoms with Gasteiger partial charge in [-0.25, -0.2) is 0 Å². The van der Waals surface area contributed by atoms with Crippen LogP contribution < -0.4 is 9.46 Å². The van der Waals surface area contributed by atoms with E-state index in [0.717, 1.165) is 43.9 Å². The molecule has 0 saturated heterocycles. The van der Waals surface area contributed by atoms with Crippen molar-refractivity contribution in [2.75, 3.05) is 33.0 Å². The molecule has 1 amide bonds. The molecule has 118 valence electrons. The fraction of sp³-hybridized carbons (Fsp3) is 0.562. The standard InChI is InChI=1S/C16H26N2O2S/c1-4-5-12-20-15-9-7-14(8-10-15)16(19)17-21-13-6-11-18(2)3/h7-10H,4-6,11-13H2,1-3H3,(H,17,19). The third-order valence-electron chi connectivity index (χ3n) is 2.90. The van der Waals surface area contributed by atoms with Crippen molar-refractivity contribution in [1.82, 2.24) is 9.62 Å². The lowest BCUT2D eigenvalue weighted by molar-refractivity contribution is 0.0984. The first kappa shape index (κ1) is 17.9. The second-order valence-electron chi connectivity index (χ2n) is 5.16. The fourth-order valence-corrected chi connectivity index (χ4v) is 2.29. The summed E-state index contributed by atoms with van der Waals surface area (Å²) in [6.07, 6.45) is 3.22. The molecule has 0 spiro atoms. The minimum absolute atomic E-state index is 0.0510. The van der Waals surface area contributed by atoms with E-state index in [2.05, 4.69) is 16.5 Å². The van der Waals surface area contributed by atoms with Gasteiger partial charge in [-0.15, -0.1) is 0 Å². The van der Waals surface area contributed by atoms with E-state index in [1.165, 1.54) is 11.9 Å². The quantitative estimate of drug-likeness (QED) is 0.532. The Bertz CT molecular complexity index is 407. The molecule has 0 aliphatic carbocycles. The van der Waals surface area contributed by atoms with Gasteiger partial charge in [0, 0.05) is 11.3 Å². The van der Waals surface area contributed by atoms with Crippen LogP contribution in [0, 0.1) is 0 Å². The van der Waals surface area contributed by atoms with Gasteiger partial charge in [-0.3, -0.25) is 9.52 Å². The van der Waals surface area contributed by atoms with E-state index in [1.807, 2.05) is 26.2 Å². The van der Waals surface area contributed by atoms with E-state index in [0.29, 0.717) is 5.56 Å². The molecule has 4 nitrogen and oxygen atoms in total. The van der Waals surface area contributed by atoms with Crippen LogP contribution in [0.4, 0.5) is 0 Å². The second kappa shape index (κ2) is 10.5. The van der Waals surface area contributed by atoms with Crippen LogP contribution in [-0.2, 0) is 0 Å². The fourth-order valence-electron chi connectivity index (χ4n) is 1.67. The van der Waals surface area contributed by atoms with Gasteiger partial charge in [0.2, 0.25) is 0 Å². The lowest BCUT2D eigenvalue weighted by Gasteiger charge is -2.09. The Kier molecular flexibility index (Phi) is 8.94. The largest absolute Gasteiger partial charge is 0.494 e. The third-order valence-corrected chi connectivity index (χ3v) is 3.72. The van der Waals surface area contributed by atoms with Crippen molar-refractivity contribution < 1.29 is 9.53 Å². The van der Waals surface area contributed by atoms with Crippen LogP contribution in [0.2, 0.25) is 0 Å². The number of nitrogens with one attached hydrogen (secondary N) is 1. The maximum atomic E-state index is 11.9. The van der Waals surface area contributed by atoms with Crippen LogP contribution in [0.3, 0.4) is 0 Å². The second-order valence-corrected chi connectivity index (χ2v) is 6.06. The number of hydrogen-bond donors (Lipinski definition) is 1. The lowest BCUT2D eigenvalue weighted by Crippen LogP contribution is -2.18. The number of amides is 1. The third kappa shape index (κ3) is 7.97. The summed E-state index contributed by atoms with van der Waals surface area (Å²) in [6.45, 7) is 3.89. The van der Waals surface area contributed by atoms with Crippen LogP contribution in [0.1, 0.15) is 36.5 Å². The van der Waals surface area contributed by atoms with Crippen molar-refractivity contribution in [3.05, 3.63) is 29.8 Å². The van der Waals surface area contributed by atoms with Gasteiger partial charge in [0.15, 0.2) is 0 Å². The Morgan fingerprint density at radius 1 is 1.24 bits per heavy atom. The van der Waals surface area contributed by atoms with Gasteiger partial charge in [0.05, 0.1) is 6.61 Å². The normalized spacial score (nSPS) is 10.7. The monoisotopic (exact) mass is 310 g/mol. The van der Waals surface area contributed by atoms with Crippen LogP contribution in [0.25, 0.3) is 0 Å². The first-order valence-corrected chi connectivity index (χ1v) is 8.41. The zero-order valence-corrected chi connectivity index (χ0v) is 14.0. The Hall–Kier alpha value is -1.20. The van der Waals surface area contributed by atoms with Gasteiger partial charge in [-0.2, -0.15) is 0 Å². The summed E-state index contributed by atoms with van der Waals surface area (Å²) >= 11 is 1.46. The summed E-state index contributed by atoms with van der Waals surface area (Å²) < 4.78 is 8.44. The van der Waals surface area contributed by atoms with Crippen molar-refractivity contribution in [3.8, 4) is 5.75 Å². The number of ether oxygens (including phenoxy) is 1. The van der Waals surface area contributed by atoms with Gasteiger partial charge >= 0.3 is 0 Å². The number of carbonyl (C=O) groups excluding carboxylic acids is 1. The smallest absolute Gasteiger partial charge is 0.261 e. The molecule has 1 aromatic carbocycles. The maximum Gasteiger partial charge on any atom is 0.261 e. The molecule has 0 radical (unpaired) electrons. The molecule has 1 N–H and O–H groups in total. The molecule has 0 atom stereocenters. The number of carbonyl (C=O) groups is 1. The molecule has 1 rings (SSSR count). The van der Waals surface area contributed by atoms with E-state index in [9.17, 15) is 4.79 Å². The van der Waals surface area contributed by atoms with Gasteiger partial charge < -0.3 is 9.64 Å². The van der Waals surface area contributed by atoms with E-state index < -0.39 is 0 Å². The predicted molar refractivity (Wildman–Crippen MR) is 89.9 cm³/mol. The van der Waals surface area contributed by atoms with Crippen LogP contribution >= 0.6 is 11.9 Å². The Balaban J connectivity index is 2.27. The van der Waals surface area contributed by atoms with Crippen molar-refractivity contribution in [2.45, 2.75) is 26.2 Å². The first-order chi connectivity index (χ1) is 10.1. The topological polar surface area (TPSA) is 41.6 Å². The average molecular weight is 310 g/mol. The number of nitrogens with zero attached hydrogens (tertiary/aromatic N) is 1. The highest BCUT2D eigenvalue weighted by Crippen LogP contribution is 2.13. The Morgan fingerprint density at radius 3 is 2.57 bits per heavy atom. The van der Waals surface area contributed by atoms with Crippen molar-refractivity contribution in [2.24, 2.45) is 0 Å². The predicted octanol–water partition coefficient (Wildman–Crippen LogP) is 3.20. The summed E-state index contributed by atoms with van der Waals surface area (Å²) in [6, 6.07) is 7.30. The molecule has 21 heavy (non-hydrogen) atoms. The first-order valence-electron chi connectivity index (χ1n) is 7.43. The van der Waals surface area contributed by atoms with Crippen molar-refractivity contribution in [1.29, 1.82) is 0 Å². The molecule has 1 aromatic rings. The highest BCUT2D eigenvalue weighted by atomic mass is 32.2. The number of hydrogen-bond acceptors (Lipinski definition) is 4. The van der Waals surface area contributed by atoms with Crippen LogP contribution in [0.5, 0.6) is 5.75 Å². The van der Waals surface area contributed by atoms with E-state index in [1.54, 1.807) is 12.1 Å². The lowest BCUT2D eigenvalue weighted by atomic mass is 10.2. The zero-order chi connectivity index (χ0) is 15.5. The number of benzene rings is 1. The number of unbranched alkanes of at least 4 members (excludes halogenated alkanes) is 1. The summed E-state index contributed by atoms with van der Waals surface area (Å²) in [5.41, 5.74) is 0.665. The molecule has 0 aliphatic heterocycles. The van der Waals surface area contributed by atoms with E-state index >= 15 is 0 Å². The van der Waals surface area contributed by atoms with Crippen molar-refractivity contribution >= 4 is 17.9 Å². The summed E-state index contributed by atoms with van der Waals surface area (Å²) in [5, 5.41) is 0. The minimum Gasteiger partial charge on any atom is -0.494 e. The maximum absolute atomic E-state index is 11.9. The van der Waals surface area contributed by atoms with Crippen molar-refractivity contribution in [3.63, 3.8) is 0 Å². The molecule has 0 bridgehead atoms. The van der Waals surface area contributed by atoms with Gasteiger partial charge in [-0.05, 0) is 57.7 Å². The van der Waals surface area contributed by atoms with Crippen LogP contribution in [-0.4, -0.2) is 43.8 Å². The van der Waals surface area contributed by atoms with E-state index in [4.69, 9.17) is 4.74 Å². The Labute approximate surface area is 132 Å². The molecular formula is C16H26N2O2S. The molecule has 0 fully saturated rings. The molecule has 5 heteroatoms. The highest BCUT2D eigenvalue weighted by Gasteiger charge is 2.05. The minimum atomic E-state index is -0.0510. The Morgan fingerprint density at radius 2 is 1.95 bits per heavy atom. The van der Waals surface area contributed by atoms with E-state index in [-0.39, 0.29) is 5.91 Å². The molecule has 0 heterocycles. The van der Waals surface area contributed by atoms with Gasteiger partial charge in [-0.1, -0.05) is 25.3 Å². The summed E-state index contributed by atoms with van der Waals surface area (Å²) in [4.78, 5) is 14.1. The highest BCUT2D eigenvalue weighted by molar-refractivity contribution is 7.97. The molecule has 0 aliphatic rings. The van der Waals surface area contributed by atoms with Crippen LogP contribution in [0.15, 0.2) is 24.3 Å². The molecule has 0 aromatic heterocycles. The zero-order valence-electron chi connectivity index (χ0n) is 13.2. The van der Waals surface area contributed by atoms with Gasteiger partial charge in [0.1, 0.15) is 5.75 Å². The molecular weight excluding hydrogens is 284 g/mol. The summed E-state index contributed by atoms with van der Waals surface area (Å²) in [5.74, 6) is 1.69. The molecule has 0 saturated carbocycles. The number of rotatable bonds is 10. The average Bonchev–Trinajstić information content (AvgIpc) is 2.47. The SMILES string of the molecule is CCCCOc1ccc(C(=O)NSCCCN(C)C)cc1.